The Morgan fingerprint density at radius 1 is 0.628 bits per heavy atom. The number of nitrogens with zero attached hydrogens (tertiary/aromatic N) is 2. The second kappa shape index (κ2) is 16.7. The number of ether oxygens (including phenoxy) is 2. The first-order valence-corrected chi connectivity index (χ1v) is 14.8. The van der Waals surface area contributed by atoms with Crippen LogP contribution in [-0.2, 0) is 19.1 Å². The zero-order chi connectivity index (χ0) is 30.3. The molecule has 2 atom stereocenters. The molecule has 0 spiro atoms. The van der Waals surface area contributed by atoms with Gasteiger partial charge in [-0.25, -0.2) is 4.79 Å². The summed E-state index contributed by atoms with van der Waals surface area (Å²) in [6.07, 6.45) is 4.17. The number of para-hydroxylation sites is 2. The van der Waals surface area contributed by atoms with E-state index < -0.39 is 6.04 Å². The van der Waals surface area contributed by atoms with Crippen LogP contribution in [0.5, 0.6) is 0 Å². The van der Waals surface area contributed by atoms with Gasteiger partial charge in [-0.2, -0.15) is 0 Å². The standard InChI is InChI=1S/C37H40N2O4/c1-42-35(40)28-33(39(31-22-12-5-13-23-31)32-24-14-6-15-25-32)26-16-7-17-27-34(37(41)43-2)38-36(29-18-8-3-9-19-29)30-20-10-4-11-21-30/h3-6,8-15,18-25,33-34H,7,16-17,26-28H2,1-2H3. The van der Waals surface area contributed by atoms with E-state index >= 15 is 0 Å². The second-order valence-electron chi connectivity index (χ2n) is 10.4. The molecule has 0 aliphatic heterocycles. The zero-order valence-electron chi connectivity index (χ0n) is 25.0. The van der Waals surface area contributed by atoms with Crippen molar-refractivity contribution in [1.29, 1.82) is 0 Å². The van der Waals surface area contributed by atoms with E-state index in [1.165, 1.54) is 14.2 Å². The number of benzene rings is 4. The lowest BCUT2D eigenvalue weighted by atomic mass is 9.99. The van der Waals surface area contributed by atoms with E-state index in [-0.39, 0.29) is 24.4 Å². The summed E-state index contributed by atoms with van der Waals surface area (Å²) in [5, 5.41) is 0. The van der Waals surface area contributed by atoms with Gasteiger partial charge in [0.15, 0.2) is 0 Å². The highest BCUT2D eigenvalue weighted by molar-refractivity contribution is 6.13. The first kappa shape index (κ1) is 31.2. The fraction of sp³-hybridized carbons (Fsp3) is 0.270. The molecule has 0 radical (unpaired) electrons. The molecular weight excluding hydrogens is 536 g/mol. The molecule has 0 heterocycles. The predicted octanol–water partition coefficient (Wildman–Crippen LogP) is 7.79. The summed E-state index contributed by atoms with van der Waals surface area (Å²) >= 11 is 0. The Morgan fingerprint density at radius 3 is 1.56 bits per heavy atom. The maximum absolute atomic E-state index is 12.9. The monoisotopic (exact) mass is 576 g/mol. The van der Waals surface area contributed by atoms with Crippen LogP contribution >= 0.6 is 0 Å². The quantitative estimate of drug-likeness (QED) is 0.0821. The lowest BCUT2D eigenvalue weighted by Gasteiger charge is -2.33. The predicted molar refractivity (Wildman–Crippen MR) is 173 cm³/mol. The molecule has 6 nitrogen and oxygen atoms in total. The molecule has 4 aromatic rings. The Labute approximate surface area is 255 Å². The third-order valence-corrected chi connectivity index (χ3v) is 7.43. The minimum Gasteiger partial charge on any atom is -0.469 e. The molecule has 0 amide bonds. The normalized spacial score (nSPS) is 12.0. The minimum atomic E-state index is -0.614. The van der Waals surface area contributed by atoms with Crippen LogP contribution in [0, 0.1) is 0 Å². The second-order valence-corrected chi connectivity index (χ2v) is 10.4. The first-order chi connectivity index (χ1) is 21.1. The van der Waals surface area contributed by atoms with Gasteiger partial charge in [0.2, 0.25) is 0 Å². The van der Waals surface area contributed by atoms with Gasteiger partial charge in [0.05, 0.1) is 26.4 Å². The summed E-state index contributed by atoms with van der Waals surface area (Å²) in [4.78, 5) is 32.5. The summed E-state index contributed by atoms with van der Waals surface area (Å²) in [5.74, 6) is -0.580. The average Bonchev–Trinajstić information content (AvgIpc) is 3.07. The van der Waals surface area contributed by atoms with Gasteiger partial charge in [0.1, 0.15) is 6.04 Å². The van der Waals surface area contributed by atoms with Gasteiger partial charge >= 0.3 is 11.9 Å². The third kappa shape index (κ3) is 9.14. The van der Waals surface area contributed by atoms with Gasteiger partial charge in [0, 0.05) is 28.5 Å². The summed E-state index contributed by atoms with van der Waals surface area (Å²) in [6, 6.07) is 39.4. The molecule has 0 fully saturated rings. The maximum atomic E-state index is 12.9. The van der Waals surface area contributed by atoms with Crippen molar-refractivity contribution >= 4 is 29.0 Å². The van der Waals surface area contributed by atoms with Gasteiger partial charge < -0.3 is 14.4 Å². The Hall–Kier alpha value is -4.71. The first-order valence-electron chi connectivity index (χ1n) is 14.8. The van der Waals surface area contributed by atoms with Crippen molar-refractivity contribution in [2.75, 3.05) is 19.1 Å². The van der Waals surface area contributed by atoms with Crippen molar-refractivity contribution in [2.24, 2.45) is 4.99 Å². The molecule has 0 aromatic heterocycles. The molecule has 2 unspecified atom stereocenters. The van der Waals surface area contributed by atoms with Crippen LogP contribution in [0.1, 0.15) is 49.7 Å². The number of anilines is 2. The number of rotatable bonds is 15. The highest BCUT2D eigenvalue weighted by Crippen LogP contribution is 2.31. The number of hydrogen-bond acceptors (Lipinski definition) is 6. The number of unbranched alkanes of at least 4 members (excludes halogenated alkanes) is 2. The topological polar surface area (TPSA) is 68.2 Å². The highest BCUT2D eigenvalue weighted by Gasteiger charge is 2.24. The smallest absolute Gasteiger partial charge is 0.330 e. The maximum Gasteiger partial charge on any atom is 0.330 e. The van der Waals surface area contributed by atoms with Crippen LogP contribution in [0.2, 0.25) is 0 Å². The molecular formula is C37H40N2O4. The van der Waals surface area contributed by atoms with E-state index in [1.54, 1.807) is 0 Å². The number of esters is 2. The van der Waals surface area contributed by atoms with Crippen LogP contribution in [0.4, 0.5) is 11.4 Å². The molecule has 6 heteroatoms. The van der Waals surface area contributed by atoms with E-state index in [4.69, 9.17) is 14.5 Å². The number of aliphatic imine (C=N–C) groups is 1. The van der Waals surface area contributed by atoms with Crippen molar-refractivity contribution in [1.82, 2.24) is 0 Å². The van der Waals surface area contributed by atoms with E-state index in [1.807, 2.05) is 97.1 Å². The lowest BCUT2D eigenvalue weighted by Crippen LogP contribution is -2.33. The van der Waals surface area contributed by atoms with E-state index in [2.05, 4.69) is 29.2 Å². The summed E-state index contributed by atoms with van der Waals surface area (Å²) in [5.41, 5.74) is 4.73. The molecule has 0 N–H and O–H groups in total. The molecule has 4 aromatic carbocycles. The van der Waals surface area contributed by atoms with Crippen molar-refractivity contribution in [3.8, 4) is 0 Å². The fourth-order valence-corrected chi connectivity index (χ4v) is 5.28. The average molecular weight is 577 g/mol. The summed E-state index contributed by atoms with van der Waals surface area (Å²) < 4.78 is 10.2. The fourth-order valence-electron chi connectivity index (χ4n) is 5.28. The van der Waals surface area contributed by atoms with Crippen LogP contribution < -0.4 is 4.90 Å². The van der Waals surface area contributed by atoms with Crippen LogP contribution in [0.25, 0.3) is 0 Å². The van der Waals surface area contributed by atoms with Gasteiger partial charge in [-0.15, -0.1) is 0 Å². The molecule has 0 bridgehead atoms. The van der Waals surface area contributed by atoms with Crippen molar-refractivity contribution in [2.45, 2.75) is 50.6 Å². The third-order valence-electron chi connectivity index (χ3n) is 7.43. The van der Waals surface area contributed by atoms with E-state index in [0.29, 0.717) is 6.42 Å². The van der Waals surface area contributed by atoms with Gasteiger partial charge in [-0.1, -0.05) is 116 Å². The van der Waals surface area contributed by atoms with E-state index in [0.717, 1.165) is 53.9 Å². The Morgan fingerprint density at radius 2 is 1.09 bits per heavy atom. The molecule has 0 aliphatic carbocycles. The van der Waals surface area contributed by atoms with Crippen LogP contribution in [0.3, 0.4) is 0 Å². The van der Waals surface area contributed by atoms with Gasteiger partial charge in [-0.3, -0.25) is 9.79 Å². The number of hydrogen-bond donors (Lipinski definition) is 0. The van der Waals surface area contributed by atoms with Crippen molar-refractivity contribution in [3.63, 3.8) is 0 Å². The number of carbonyl (C=O) groups is 2. The minimum absolute atomic E-state index is 0.0885. The molecule has 0 saturated heterocycles. The van der Waals surface area contributed by atoms with Crippen molar-refractivity contribution < 1.29 is 19.1 Å². The summed E-state index contributed by atoms with van der Waals surface area (Å²) in [6.45, 7) is 0. The molecule has 0 aliphatic rings. The SMILES string of the molecule is COC(=O)CC(CCCCCC(N=C(c1ccccc1)c1ccccc1)C(=O)OC)N(c1ccccc1)c1ccccc1. The highest BCUT2D eigenvalue weighted by atomic mass is 16.5. The molecule has 43 heavy (non-hydrogen) atoms. The molecule has 4 rings (SSSR count). The van der Waals surface area contributed by atoms with E-state index in [9.17, 15) is 9.59 Å². The van der Waals surface area contributed by atoms with Crippen LogP contribution in [-0.4, -0.2) is 44.0 Å². The zero-order valence-corrected chi connectivity index (χ0v) is 25.0. The lowest BCUT2D eigenvalue weighted by molar-refractivity contribution is -0.142. The Kier molecular flexibility index (Phi) is 12.1. The Balaban J connectivity index is 1.48. The largest absolute Gasteiger partial charge is 0.469 e. The van der Waals surface area contributed by atoms with Gasteiger partial charge in [0.25, 0.3) is 0 Å². The summed E-state index contributed by atoms with van der Waals surface area (Å²) in [7, 11) is 2.84. The van der Waals surface area contributed by atoms with Crippen molar-refractivity contribution in [3.05, 3.63) is 132 Å². The number of carbonyl (C=O) groups excluding carboxylic acids is 2. The van der Waals surface area contributed by atoms with Gasteiger partial charge in [-0.05, 0) is 37.1 Å². The molecule has 0 saturated carbocycles. The molecule has 222 valence electrons. The number of methoxy groups -OCH3 is 2. The van der Waals surface area contributed by atoms with Crippen LogP contribution in [0.15, 0.2) is 126 Å². The Bertz CT molecular complexity index is 1350.